The summed E-state index contributed by atoms with van der Waals surface area (Å²) >= 11 is 1.34. The Balaban J connectivity index is 2.10. The molecule has 0 aliphatic rings. The van der Waals surface area contributed by atoms with Crippen LogP contribution in [0.1, 0.15) is 11.1 Å². The number of benzene rings is 1. The average molecular weight is 250 g/mol. The topological polar surface area (TPSA) is 63.3 Å². The Morgan fingerprint density at radius 3 is 3.00 bits per heavy atom. The molecule has 2 aromatic rings. The van der Waals surface area contributed by atoms with Crippen LogP contribution in [-0.2, 0) is 0 Å². The largest absolute Gasteiger partial charge is 0.383 e. The highest BCUT2D eigenvalue weighted by Crippen LogP contribution is 2.16. The molecule has 0 aliphatic carbocycles. The Morgan fingerprint density at radius 2 is 2.35 bits per heavy atom. The van der Waals surface area contributed by atoms with Crippen molar-refractivity contribution in [3.8, 4) is 0 Å². The van der Waals surface area contributed by atoms with Gasteiger partial charge in [-0.1, -0.05) is 12.1 Å². The van der Waals surface area contributed by atoms with E-state index < -0.39 is 0 Å². The molecule has 0 atom stereocenters. The minimum Gasteiger partial charge on any atom is -0.383 e. The predicted molar refractivity (Wildman–Crippen MR) is 68.9 cm³/mol. The molecule has 0 saturated carbocycles. The molecule has 0 amide bonds. The third-order valence-electron chi connectivity index (χ3n) is 2.15. The molecular weight excluding hydrogens is 239 g/mol. The van der Waals surface area contributed by atoms with Gasteiger partial charge in [-0.3, -0.25) is 5.43 Å². The molecule has 0 saturated heterocycles. The van der Waals surface area contributed by atoms with Gasteiger partial charge < -0.3 is 5.73 Å². The molecule has 2 rings (SSSR count). The highest BCUT2D eigenvalue weighted by atomic mass is 32.1. The Kier molecular flexibility index (Phi) is 3.34. The molecule has 88 valence electrons. The molecule has 0 unspecified atom stereocenters. The monoisotopic (exact) mass is 250 g/mol. The Bertz CT molecular complexity index is 530. The number of anilines is 2. The number of halogens is 1. The molecule has 1 aromatic heterocycles. The lowest BCUT2D eigenvalue weighted by Crippen LogP contribution is -1.95. The van der Waals surface area contributed by atoms with Crippen LogP contribution in [0.3, 0.4) is 0 Å². The Labute approximate surface area is 102 Å². The average Bonchev–Trinajstić information content (AvgIpc) is 2.69. The highest BCUT2D eigenvalue weighted by molar-refractivity contribution is 7.14. The van der Waals surface area contributed by atoms with Gasteiger partial charge >= 0.3 is 0 Å². The van der Waals surface area contributed by atoms with Crippen molar-refractivity contribution >= 4 is 28.5 Å². The maximum atomic E-state index is 13.4. The molecule has 0 radical (unpaired) electrons. The van der Waals surface area contributed by atoms with Gasteiger partial charge in [0.25, 0.3) is 0 Å². The van der Waals surface area contributed by atoms with Gasteiger partial charge in [-0.15, -0.1) is 11.3 Å². The summed E-state index contributed by atoms with van der Waals surface area (Å²) in [4.78, 5) is 3.96. The van der Waals surface area contributed by atoms with Crippen LogP contribution in [0.4, 0.5) is 15.3 Å². The summed E-state index contributed by atoms with van der Waals surface area (Å²) in [5.74, 6) is 0.143. The number of nitrogens with zero attached hydrogens (tertiary/aromatic N) is 2. The molecule has 0 aliphatic heterocycles. The first-order chi connectivity index (χ1) is 8.16. The summed E-state index contributed by atoms with van der Waals surface area (Å²) in [7, 11) is 0. The predicted octanol–water partition coefficient (Wildman–Crippen LogP) is 2.62. The smallest absolute Gasteiger partial charge is 0.205 e. The lowest BCUT2D eigenvalue weighted by molar-refractivity contribution is 0.624. The zero-order valence-electron chi connectivity index (χ0n) is 9.14. The van der Waals surface area contributed by atoms with Crippen molar-refractivity contribution in [2.45, 2.75) is 6.92 Å². The van der Waals surface area contributed by atoms with E-state index in [-0.39, 0.29) is 5.82 Å². The Morgan fingerprint density at radius 1 is 1.53 bits per heavy atom. The first-order valence-electron chi connectivity index (χ1n) is 4.92. The Hall–Kier alpha value is -1.95. The summed E-state index contributed by atoms with van der Waals surface area (Å²) in [5, 5.41) is 6.20. The van der Waals surface area contributed by atoms with E-state index in [1.807, 2.05) is 13.0 Å². The lowest BCUT2D eigenvalue weighted by Gasteiger charge is -2.00. The molecule has 17 heavy (non-hydrogen) atoms. The van der Waals surface area contributed by atoms with Crippen LogP contribution in [0.25, 0.3) is 0 Å². The third kappa shape index (κ3) is 2.79. The van der Waals surface area contributed by atoms with E-state index in [2.05, 4.69) is 15.5 Å². The quantitative estimate of drug-likeness (QED) is 0.650. The van der Waals surface area contributed by atoms with Crippen molar-refractivity contribution in [1.82, 2.24) is 4.98 Å². The second-order valence-electron chi connectivity index (χ2n) is 3.42. The van der Waals surface area contributed by atoms with Gasteiger partial charge in [-0.05, 0) is 18.6 Å². The fourth-order valence-electron chi connectivity index (χ4n) is 1.30. The fraction of sp³-hybridized carbons (Fsp3) is 0.0909. The summed E-state index contributed by atoms with van der Waals surface area (Å²) in [5.41, 5.74) is 9.45. The summed E-state index contributed by atoms with van der Waals surface area (Å²) < 4.78 is 13.4. The summed E-state index contributed by atoms with van der Waals surface area (Å²) in [6.07, 6.45) is 1.43. The number of hydrazone groups is 1. The van der Waals surface area contributed by atoms with E-state index in [0.29, 0.717) is 16.5 Å². The molecule has 1 aromatic carbocycles. The van der Waals surface area contributed by atoms with Gasteiger partial charge in [-0.2, -0.15) is 5.10 Å². The van der Waals surface area contributed by atoms with Crippen LogP contribution in [-0.4, -0.2) is 11.2 Å². The molecule has 0 spiro atoms. The van der Waals surface area contributed by atoms with Crippen LogP contribution in [0.15, 0.2) is 28.7 Å². The number of aryl methyl sites for hydroxylation is 1. The minimum atomic E-state index is -0.297. The number of rotatable bonds is 3. The second kappa shape index (κ2) is 4.92. The van der Waals surface area contributed by atoms with Crippen LogP contribution >= 0.6 is 11.3 Å². The molecule has 4 nitrogen and oxygen atoms in total. The van der Waals surface area contributed by atoms with Gasteiger partial charge in [0, 0.05) is 10.9 Å². The minimum absolute atomic E-state index is 0.297. The van der Waals surface area contributed by atoms with Crippen molar-refractivity contribution in [1.29, 1.82) is 0 Å². The van der Waals surface area contributed by atoms with E-state index in [0.717, 1.165) is 5.56 Å². The van der Waals surface area contributed by atoms with Gasteiger partial charge in [0.2, 0.25) is 5.13 Å². The number of nitrogen functional groups attached to an aromatic ring is 1. The number of nitrogens with one attached hydrogen (secondary N) is 1. The van der Waals surface area contributed by atoms with Crippen molar-refractivity contribution in [3.63, 3.8) is 0 Å². The zero-order chi connectivity index (χ0) is 12.3. The van der Waals surface area contributed by atoms with Gasteiger partial charge in [-0.25, -0.2) is 9.37 Å². The van der Waals surface area contributed by atoms with Crippen LogP contribution in [0, 0.1) is 12.7 Å². The zero-order valence-corrected chi connectivity index (χ0v) is 9.96. The van der Waals surface area contributed by atoms with E-state index in [1.165, 1.54) is 23.6 Å². The highest BCUT2D eigenvalue weighted by Gasteiger charge is 2.01. The number of nitrogens with two attached hydrogens (primary N) is 1. The standard InChI is InChI=1S/C11H11FN4S/c1-7-3-2-4-9(12)8(7)5-14-16-11-15-10(13)6-17-11/h2-6H,13H2,1H3,(H,15,16). The maximum absolute atomic E-state index is 13.4. The fourth-order valence-corrected chi connectivity index (χ4v) is 1.85. The molecule has 1 heterocycles. The molecule has 0 fully saturated rings. The van der Waals surface area contributed by atoms with Crippen LogP contribution < -0.4 is 11.2 Å². The number of aromatic nitrogens is 1. The van der Waals surface area contributed by atoms with E-state index in [4.69, 9.17) is 5.73 Å². The van der Waals surface area contributed by atoms with Gasteiger partial charge in [0.1, 0.15) is 11.6 Å². The molecule has 3 N–H and O–H groups in total. The van der Waals surface area contributed by atoms with Crippen LogP contribution in [0.2, 0.25) is 0 Å². The maximum Gasteiger partial charge on any atom is 0.205 e. The van der Waals surface area contributed by atoms with E-state index >= 15 is 0 Å². The first-order valence-corrected chi connectivity index (χ1v) is 5.80. The summed E-state index contributed by atoms with van der Waals surface area (Å²) in [6, 6.07) is 4.89. The second-order valence-corrected chi connectivity index (χ2v) is 4.28. The van der Waals surface area contributed by atoms with Gasteiger partial charge in [0.15, 0.2) is 0 Å². The van der Waals surface area contributed by atoms with Crippen molar-refractivity contribution in [2.75, 3.05) is 11.2 Å². The van der Waals surface area contributed by atoms with Crippen LogP contribution in [0.5, 0.6) is 0 Å². The SMILES string of the molecule is Cc1cccc(F)c1C=NNc1nc(N)cs1. The van der Waals surface area contributed by atoms with Crippen molar-refractivity contribution in [3.05, 3.63) is 40.5 Å². The summed E-state index contributed by atoms with van der Waals surface area (Å²) in [6.45, 7) is 1.83. The molecule has 0 bridgehead atoms. The first kappa shape index (κ1) is 11.5. The van der Waals surface area contributed by atoms with Crippen molar-refractivity contribution < 1.29 is 4.39 Å². The molecular formula is C11H11FN4S. The van der Waals surface area contributed by atoms with Crippen molar-refractivity contribution in [2.24, 2.45) is 5.10 Å². The van der Waals surface area contributed by atoms with E-state index in [1.54, 1.807) is 11.4 Å². The number of thiazole rings is 1. The van der Waals surface area contributed by atoms with E-state index in [9.17, 15) is 4.39 Å². The number of hydrogen-bond donors (Lipinski definition) is 2. The lowest BCUT2D eigenvalue weighted by atomic mass is 10.1. The van der Waals surface area contributed by atoms with Gasteiger partial charge in [0.05, 0.1) is 6.21 Å². The third-order valence-corrected chi connectivity index (χ3v) is 2.91. The molecule has 6 heteroatoms. The normalized spacial score (nSPS) is 10.9. The number of hydrogen-bond acceptors (Lipinski definition) is 5.